The minimum absolute atomic E-state index is 0.0476. The van der Waals surface area contributed by atoms with E-state index in [0.29, 0.717) is 5.75 Å². The van der Waals surface area contributed by atoms with Crippen LogP contribution in [0.2, 0.25) is 0 Å². The van der Waals surface area contributed by atoms with E-state index in [9.17, 15) is 4.79 Å². The van der Waals surface area contributed by atoms with E-state index in [0.717, 1.165) is 0 Å². The second kappa shape index (κ2) is 4.01. The zero-order chi connectivity index (χ0) is 9.68. The fourth-order valence-corrected chi connectivity index (χ4v) is 0.603. The van der Waals surface area contributed by atoms with Crippen LogP contribution in [0.5, 0.6) is 5.75 Å². The fraction of sp³-hybridized carbons (Fsp3) is 0.143. The molecule has 1 rings (SSSR count). The Kier molecular flexibility index (Phi) is 2.76. The summed E-state index contributed by atoms with van der Waals surface area (Å²) >= 11 is 0. The molecule has 0 spiro atoms. The quantitative estimate of drug-likeness (QED) is 0.653. The highest BCUT2D eigenvalue weighted by atomic mass is 16.5. The number of aromatic nitrogens is 2. The van der Waals surface area contributed by atoms with Crippen LogP contribution in [0.25, 0.3) is 0 Å². The smallest absolute Gasteiger partial charge is 0.255 e. The van der Waals surface area contributed by atoms with Crippen LogP contribution in [-0.4, -0.2) is 22.5 Å². The standard InChI is InChI=1S/C7H6N4O2/c8-1-7-10-2-5(3-11-7)13-4-6(9)12/h2-3H,4H2,(H2,9,12). The van der Waals surface area contributed by atoms with Crippen LogP contribution in [0.15, 0.2) is 12.4 Å². The first kappa shape index (κ1) is 8.93. The van der Waals surface area contributed by atoms with Crippen LogP contribution in [0.3, 0.4) is 0 Å². The fourth-order valence-electron chi connectivity index (χ4n) is 0.603. The number of ether oxygens (including phenoxy) is 1. The number of amides is 1. The normalized spacial score (nSPS) is 8.85. The zero-order valence-electron chi connectivity index (χ0n) is 6.60. The molecular weight excluding hydrogens is 172 g/mol. The number of primary amides is 1. The van der Waals surface area contributed by atoms with Crippen molar-refractivity contribution in [1.29, 1.82) is 5.26 Å². The maximum atomic E-state index is 10.3. The summed E-state index contributed by atoms with van der Waals surface area (Å²) in [5, 5.41) is 8.36. The predicted octanol–water partition coefficient (Wildman–Crippen LogP) is -0.788. The number of nitrogens with zero attached hydrogens (tertiary/aromatic N) is 3. The molecule has 0 aliphatic heterocycles. The topological polar surface area (TPSA) is 102 Å². The maximum absolute atomic E-state index is 10.3. The van der Waals surface area contributed by atoms with Crippen molar-refractivity contribution in [2.75, 3.05) is 6.61 Å². The van der Waals surface area contributed by atoms with E-state index in [-0.39, 0.29) is 12.4 Å². The second-order valence-corrected chi connectivity index (χ2v) is 2.11. The van der Waals surface area contributed by atoms with E-state index in [1.165, 1.54) is 12.4 Å². The lowest BCUT2D eigenvalue weighted by Crippen LogP contribution is -2.20. The van der Waals surface area contributed by atoms with E-state index in [1.807, 2.05) is 0 Å². The average Bonchev–Trinajstić information content (AvgIpc) is 2.15. The lowest BCUT2D eigenvalue weighted by atomic mass is 10.5. The van der Waals surface area contributed by atoms with E-state index < -0.39 is 5.91 Å². The van der Waals surface area contributed by atoms with Crippen LogP contribution in [-0.2, 0) is 4.79 Å². The lowest BCUT2D eigenvalue weighted by Gasteiger charge is -2.00. The molecule has 1 amide bonds. The van der Waals surface area contributed by atoms with Gasteiger partial charge in [0.25, 0.3) is 5.91 Å². The van der Waals surface area contributed by atoms with Gasteiger partial charge in [0.2, 0.25) is 5.82 Å². The summed E-state index contributed by atoms with van der Waals surface area (Å²) in [6.07, 6.45) is 2.60. The molecule has 6 nitrogen and oxygen atoms in total. The number of carbonyl (C=O) groups excluding carboxylic acids is 1. The first-order valence-electron chi connectivity index (χ1n) is 3.35. The minimum atomic E-state index is -0.579. The summed E-state index contributed by atoms with van der Waals surface area (Å²) in [5.74, 6) is -0.228. The summed E-state index contributed by atoms with van der Waals surface area (Å²) in [6.45, 7) is -0.227. The minimum Gasteiger partial charge on any atom is -0.481 e. The van der Waals surface area contributed by atoms with Crippen molar-refractivity contribution in [3.05, 3.63) is 18.2 Å². The first-order valence-corrected chi connectivity index (χ1v) is 3.35. The highest BCUT2D eigenvalue weighted by molar-refractivity contribution is 5.75. The lowest BCUT2D eigenvalue weighted by molar-refractivity contribution is -0.119. The third kappa shape index (κ3) is 2.75. The molecule has 13 heavy (non-hydrogen) atoms. The number of carbonyl (C=O) groups is 1. The van der Waals surface area contributed by atoms with Gasteiger partial charge in [-0.3, -0.25) is 4.79 Å². The number of hydrogen-bond donors (Lipinski definition) is 1. The summed E-state index contributed by atoms with van der Waals surface area (Å²) in [6, 6.07) is 1.75. The molecule has 0 saturated heterocycles. The molecule has 0 aliphatic rings. The zero-order valence-corrected chi connectivity index (χ0v) is 6.60. The molecule has 1 heterocycles. The third-order valence-electron chi connectivity index (χ3n) is 1.11. The Morgan fingerprint density at radius 3 is 2.69 bits per heavy atom. The van der Waals surface area contributed by atoms with Crippen molar-refractivity contribution in [3.63, 3.8) is 0 Å². The van der Waals surface area contributed by atoms with Gasteiger partial charge in [0.1, 0.15) is 6.07 Å². The van der Waals surface area contributed by atoms with Gasteiger partial charge in [0.15, 0.2) is 12.4 Å². The summed E-state index contributed by atoms with van der Waals surface area (Å²) < 4.78 is 4.86. The van der Waals surface area contributed by atoms with Crippen molar-refractivity contribution >= 4 is 5.91 Å². The molecule has 66 valence electrons. The number of hydrogen-bond acceptors (Lipinski definition) is 5. The van der Waals surface area contributed by atoms with Gasteiger partial charge in [-0.05, 0) is 0 Å². The van der Waals surface area contributed by atoms with E-state index >= 15 is 0 Å². The molecule has 1 aromatic heterocycles. The van der Waals surface area contributed by atoms with Gasteiger partial charge < -0.3 is 10.5 Å². The molecule has 0 aliphatic carbocycles. The first-order chi connectivity index (χ1) is 6.22. The Morgan fingerprint density at radius 1 is 1.62 bits per heavy atom. The monoisotopic (exact) mass is 178 g/mol. The van der Waals surface area contributed by atoms with Gasteiger partial charge in [0.05, 0.1) is 12.4 Å². The molecule has 6 heteroatoms. The third-order valence-corrected chi connectivity index (χ3v) is 1.11. The molecule has 0 radical (unpaired) electrons. The van der Waals surface area contributed by atoms with Crippen LogP contribution in [0.4, 0.5) is 0 Å². The van der Waals surface area contributed by atoms with Gasteiger partial charge in [-0.1, -0.05) is 0 Å². The van der Waals surface area contributed by atoms with Crippen molar-refractivity contribution in [2.24, 2.45) is 5.73 Å². The molecule has 0 aromatic carbocycles. The van der Waals surface area contributed by atoms with Gasteiger partial charge >= 0.3 is 0 Å². The van der Waals surface area contributed by atoms with Crippen LogP contribution in [0, 0.1) is 11.3 Å². The largest absolute Gasteiger partial charge is 0.481 e. The molecule has 0 unspecified atom stereocenters. The second-order valence-electron chi connectivity index (χ2n) is 2.11. The molecule has 0 bridgehead atoms. The Bertz CT molecular complexity index is 341. The van der Waals surface area contributed by atoms with Crippen molar-refractivity contribution in [3.8, 4) is 11.8 Å². The van der Waals surface area contributed by atoms with E-state index in [2.05, 4.69) is 9.97 Å². The van der Waals surface area contributed by atoms with Crippen LogP contribution in [0.1, 0.15) is 5.82 Å². The number of nitrogens with two attached hydrogens (primary N) is 1. The summed E-state index contributed by atoms with van der Waals surface area (Å²) in [7, 11) is 0. The highest BCUT2D eigenvalue weighted by Gasteiger charge is 1.98. The van der Waals surface area contributed by atoms with Crippen LogP contribution >= 0.6 is 0 Å². The van der Waals surface area contributed by atoms with Gasteiger partial charge in [-0.25, -0.2) is 9.97 Å². The molecule has 0 saturated carbocycles. The maximum Gasteiger partial charge on any atom is 0.255 e. The predicted molar refractivity (Wildman–Crippen MR) is 41.4 cm³/mol. The molecule has 0 fully saturated rings. The van der Waals surface area contributed by atoms with E-state index in [4.69, 9.17) is 15.7 Å². The molecular formula is C7H6N4O2. The van der Waals surface area contributed by atoms with Crippen molar-refractivity contribution < 1.29 is 9.53 Å². The molecule has 1 aromatic rings. The van der Waals surface area contributed by atoms with Crippen molar-refractivity contribution in [1.82, 2.24) is 9.97 Å². The average molecular weight is 178 g/mol. The van der Waals surface area contributed by atoms with Crippen molar-refractivity contribution in [2.45, 2.75) is 0 Å². The van der Waals surface area contributed by atoms with Gasteiger partial charge in [-0.2, -0.15) is 5.26 Å². The van der Waals surface area contributed by atoms with Crippen LogP contribution < -0.4 is 10.5 Å². The number of rotatable bonds is 3. The summed E-state index contributed by atoms with van der Waals surface area (Å²) in [4.78, 5) is 17.6. The Morgan fingerprint density at radius 2 is 2.23 bits per heavy atom. The Labute approximate surface area is 74.0 Å². The molecule has 2 N–H and O–H groups in total. The number of nitriles is 1. The van der Waals surface area contributed by atoms with Gasteiger partial charge in [0, 0.05) is 0 Å². The van der Waals surface area contributed by atoms with E-state index in [1.54, 1.807) is 6.07 Å². The molecule has 0 atom stereocenters. The SMILES string of the molecule is N#Cc1ncc(OCC(N)=O)cn1. The van der Waals surface area contributed by atoms with Gasteiger partial charge in [-0.15, -0.1) is 0 Å². The highest BCUT2D eigenvalue weighted by Crippen LogP contribution is 2.04. The Hall–Kier alpha value is -2.16. The summed E-state index contributed by atoms with van der Waals surface area (Å²) in [5.41, 5.74) is 4.84. The Balaban J connectivity index is 2.60.